The SMILES string of the molecule is C[C@@H](CC(=O)c1cnn2c1CCCC2)c1ncc(C(=O)Nc2cc(C(F)(F)F)c(Cl)cn2)s1. The summed E-state index contributed by atoms with van der Waals surface area (Å²) in [6.07, 6.45) is 2.22. The average Bonchev–Trinajstić information content (AvgIpc) is 3.42. The van der Waals surface area contributed by atoms with Crippen molar-refractivity contribution in [3.63, 3.8) is 0 Å². The number of pyridine rings is 1. The molecule has 1 amide bonds. The molecule has 0 aromatic carbocycles. The third-order valence-electron chi connectivity index (χ3n) is 5.35. The molecule has 3 aromatic rings. The molecule has 4 heterocycles. The monoisotopic (exact) mass is 497 g/mol. The van der Waals surface area contributed by atoms with Crippen molar-refractivity contribution >= 4 is 40.4 Å². The molecule has 0 bridgehead atoms. The highest BCUT2D eigenvalue weighted by Crippen LogP contribution is 2.35. The van der Waals surface area contributed by atoms with E-state index in [4.69, 9.17) is 11.6 Å². The highest BCUT2D eigenvalue weighted by molar-refractivity contribution is 7.13. The van der Waals surface area contributed by atoms with Gasteiger partial charge in [0.05, 0.1) is 33.6 Å². The van der Waals surface area contributed by atoms with Crippen LogP contribution in [0.2, 0.25) is 5.02 Å². The predicted octanol–water partition coefficient (Wildman–Crippen LogP) is 5.37. The predicted molar refractivity (Wildman–Crippen MR) is 117 cm³/mol. The van der Waals surface area contributed by atoms with Gasteiger partial charge in [-0.05, 0) is 25.3 Å². The number of alkyl halides is 3. The molecule has 4 rings (SSSR count). The van der Waals surface area contributed by atoms with Crippen LogP contribution in [-0.2, 0) is 19.1 Å². The van der Waals surface area contributed by atoms with Gasteiger partial charge in [-0.25, -0.2) is 9.97 Å². The number of carbonyl (C=O) groups is 2. The zero-order valence-electron chi connectivity index (χ0n) is 17.4. The topological polar surface area (TPSA) is 89.8 Å². The number of ketones is 1. The standard InChI is InChI=1S/C21H19ClF3N5O2S/c1-11(6-16(31)12-8-28-30-5-3-2-4-15(12)30)20-27-10-17(33-20)19(32)29-18-7-13(21(23,24)25)14(22)9-26-18/h7-11H,2-6H2,1H3,(H,26,29,32)/t11-/m0/s1. The molecule has 12 heteroatoms. The van der Waals surface area contributed by atoms with Crippen LogP contribution >= 0.6 is 22.9 Å². The maximum Gasteiger partial charge on any atom is 0.418 e. The van der Waals surface area contributed by atoms with E-state index in [2.05, 4.69) is 20.4 Å². The first-order valence-corrected chi connectivity index (χ1v) is 11.4. The molecule has 0 fully saturated rings. The molecular weight excluding hydrogens is 479 g/mol. The second-order valence-electron chi connectivity index (χ2n) is 7.78. The fourth-order valence-electron chi connectivity index (χ4n) is 3.65. The molecule has 1 aliphatic heterocycles. The van der Waals surface area contributed by atoms with Crippen LogP contribution in [0.3, 0.4) is 0 Å². The van der Waals surface area contributed by atoms with Crippen molar-refractivity contribution in [3.05, 3.63) is 56.4 Å². The first kappa shape index (κ1) is 23.4. The number of rotatable bonds is 6. The molecule has 0 aliphatic carbocycles. The van der Waals surface area contributed by atoms with E-state index in [0.717, 1.165) is 49.0 Å². The van der Waals surface area contributed by atoms with Gasteiger partial charge in [0.1, 0.15) is 10.7 Å². The number of amides is 1. The van der Waals surface area contributed by atoms with Gasteiger partial charge in [0.15, 0.2) is 5.78 Å². The summed E-state index contributed by atoms with van der Waals surface area (Å²) in [5, 5.41) is 6.65. The summed E-state index contributed by atoms with van der Waals surface area (Å²) in [5.41, 5.74) is 0.505. The smallest absolute Gasteiger partial charge is 0.306 e. The second kappa shape index (κ2) is 9.22. The molecule has 1 atom stereocenters. The van der Waals surface area contributed by atoms with E-state index >= 15 is 0 Å². The van der Waals surface area contributed by atoms with Crippen molar-refractivity contribution in [2.45, 2.75) is 51.2 Å². The van der Waals surface area contributed by atoms with E-state index in [0.29, 0.717) is 16.6 Å². The fraction of sp³-hybridized carbons (Fsp3) is 0.381. The van der Waals surface area contributed by atoms with Crippen molar-refractivity contribution < 1.29 is 22.8 Å². The fourth-order valence-corrected chi connectivity index (χ4v) is 4.73. The molecule has 0 saturated heterocycles. The zero-order valence-corrected chi connectivity index (χ0v) is 19.0. The molecule has 174 valence electrons. The second-order valence-corrected chi connectivity index (χ2v) is 9.25. The number of Topliss-reactive ketones (excluding diaryl/α,β-unsaturated/α-hetero) is 1. The number of thiazole rings is 1. The minimum absolute atomic E-state index is 0.0307. The number of nitrogens with zero attached hydrogens (tertiary/aromatic N) is 4. The molecule has 0 radical (unpaired) electrons. The number of aryl methyl sites for hydroxylation is 1. The number of nitrogens with one attached hydrogen (secondary N) is 1. The number of halogens is 4. The number of aromatic nitrogens is 4. The highest BCUT2D eigenvalue weighted by atomic mass is 35.5. The minimum Gasteiger partial charge on any atom is -0.306 e. The maximum atomic E-state index is 13.0. The van der Waals surface area contributed by atoms with Crippen LogP contribution in [-0.4, -0.2) is 31.4 Å². The van der Waals surface area contributed by atoms with Gasteiger partial charge < -0.3 is 5.32 Å². The van der Waals surface area contributed by atoms with Crippen molar-refractivity contribution in [2.24, 2.45) is 0 Å². The van der Waals surface area contributed by atoms with E-state index in [1.165, 1.54) is 6.20 Å². The first-order valence-electron chi connectivity index (χ1n) is 10.2. The largest absolute Gasteiger partial charge is 0.418 e. The highest BCUT2D eigenvalue weighted by Gasteiger charge is 2.34. The summed E-state index contributed by atoms with van der Waals surface area (Å²) < 4.78 is 40.9. The molecule has 0 unspecified atom stereocenters. The van der Waals surface area contributed by atoms with Crippen LogP contribution in [0.1, 0.15) is 68.4 Å². The van der Waals surface area contributed by atoms with Gasteiger partial charge in [-0.3, -0.25) is 14.3 Å². The summed E-state index contributed by atoms with van der Waals surface area (Å²) in [4.78, 5) is 33.5. The van der Waals surface area contributed by atoms with Gasteiger partial charge in [-0.15, -0.1) is 11.3 Å². The van der Waals surface area contributed by atoms with Crippen LogP contribution < -0.4 is 5.32 Å². The number of carbonyl (C=O) groups excluding carboxylic acids is 2. The lowest BCUT2D eigenvalue weighted by molar-refractivity contribution is -0.137. The van der Waals surface area contributed by atoms with E-state index < -0.39 is 22.7 Å². The molecule has 3 aromatic heterocycles. The van der Waals surface area contributed by atoms with E-state index in [9.17, 15) is 22.8 Å². The Balaban J connectivity index is 1.43. The third kappa shape index (κ3) is 5.09. The van der Waals surface area contributed by atoms with Crippen LogP contribution in [0.25, 0.3) is 0 Å². The minimum atomic E-state index is -4.67. The molecule has 0 spiro atoms. The van der Waals surface area contributed by atoms with Crippen LogP contribution in [0.15, 0.2) is 24.7 Å². The number of hydrogen-bond acceptors (Lipinski definition) is 6. The molecule has 0 saturated carbocycles. The first-order chi connectivity index (χ1) is 15.6. The molecule has 33 heavy (non-hydrogen) atoms. The van der Waals surface area contributed by atoms with Crippen LogP contribution in [0.4, 0.5) is 19.0 Å². The number of hydrogen-bond donors (Lipinski definition) is 1. The van der Waals surface area contributed by atoms with Gasteiger partial charge in [0.25, 0.3) is 5.91 Å². The third-order valence-corrected chi connectivity index (χ3v) is 6.87. The summed E-state index contributed by atoms with van der Waals surface area (Å²) in [5.74, 6) is -1.20. The molecule has 1 aliphatic rings. The Kier molecular flexibility index (Phi) is 6.53. The summed E-state index contributed by atoms with van der Waals surface area (Å²) in [6.45, 7) is 2.65. The van der Waals surface area contributed by atoms with E-state index in [1.807, 2.05) is 11.6 Å². The summed E-state index contributed by atoms with van der Waals surface area (Å²) >= 11 is 6.63. The molecule has 7 nitrogen and oxygen atoms in total. The lowest BCUT2D eigenvalue weighted by atomic mass is 9.98. The van der Waals surface area contributed by atoms with Crippen molar-refractivity contribution in [2.75, 3.05) is 5.32 Å². The summed E-state index contributed by atoms with van der Waals surface area (Å²) in [7, 11) is 0. The lowest BCUT2D eigenvalue weighted by Gasteiger charge is -2.14. The van der Waals surface area contributed by atoms with Gasteiger partial charge in [0.2, 0.25) is 0 Å². The Labute approximate surface area is 196 Å². The Bertz CT molecular complexity index is 1210. The Hall–Kier alpha value is -2.79. The van der Waals surface area contributed by atoms with Crippen LogP contribution in [0.5, 0.6) is 0 Å². The molecular formula is C21H19ClF3N5O2S. The van der Waals surface area contributed by atoms with Crippen molar-refractivity contribution in [1.82, 2.24) is 19.7 Å². The van der Waals surface area contributed by atoms with Gasteiger partial charge in [-0.1, -0.05) is 18.5 Å². The zero-order chi connectivity index (χ0) is 23.8. The van der Waals surface area contributed by atoms with E-state index in [-0.39, 0.29) is 28.8 Å². The van der Waals surface area contributed by atoms with Gasteiger partial charge in [0, 0.05) is 30.8 Å². The number of fused-ring (bicyclic) bond motifs is 1. The Morgan fingerprint density at radius 3 is 2.79 bits per heavy atom. The van der Waals surface area contributed by atoms with Crippen LogP contribution in [0, 0.1) is 0 Å². The normalized spacial score (nSPS) is 14.6. The maximum absolute atomic E-state index is 13.0. The van der Waals surface area contributed by atoms with Gasteiger partial charge in [-0.2, -0.15) is 18.3 Å². The average molecular weight is 498 g/mol. The lowest BCUT2D eigenvalue weighted by Crippen LogP contribution is -2.14. The summed E-state index contributed by atoms with van der Waals surface area (Å²) in [6, 6.07) is 0.677. The quantitative estimate of drug-likeness (QED) is 0.462. The Morgan fingerprint density at radius 1 is 1.24 bits per heavy atom. The number of anilines is 1. The van der Waals surface area contributed by atoms with E-state index in [1.54, 1.807) is 6.20 Å². The van der Waals surface area contributed by atoms with Crippen molar-refractivity contribution in [1.29, 1.82) is 0 Å². The Morgan fingerprint density at radius 2 is 2.03 bits per heavy atom. The molecule has 1 N–H and O–H groups in total. The van der Waals surface area contributed by atoms with Crippen molar-refractivity contribution in [3.8, 4) is 0 Å². The van der Waals surface area contributed by atoms with Gasteiger partial charge >= 0.3 is 6.18 Å².